The van der Waals surface area contributed by atoms with Gasteiger partial charge in [-0.3, -0.25) is 9.59 Å². The molecular formula is C16H21NO3. The minimum Gasteiger partial charge on any atom is -0.481 e. The number of nitrogens with one attached hydrogen (secondary N) is 1. The lowest BCUT2D eigenvalue weighted by Gasteiger charge is -2.40. The maximum absolute atomic E-state index is 11.8. The van der Waals surface area contributed by atoms with Gasteiger partial charge in [-0.25, -0.2) is 0 Å². The van der Waals surface area contributed by atoms with Crippen LogP contribution in [0.2, 0.25) is 0 Å². The molecule has 0 saturated heterocycles. The predicted octanol–water partition coefficient (Wildman–Crippen LogP) is 2.38. The Balaban J connectivity index is 1.73. The number of rotatable bonds is 7. The largest absolute Gasteiger partial charge is 0.481 e. The Labute approximate surface area is 119 Å². The first-order chi connectivity index (χ1) is 9.60. The topological polar surface area (TPSA) is 66.4 Å². The molecule has 1 aliphatic rings. The van der Waals surface area contributed by atoms with Gasteiger partial charge in [0, 0.05) is 13.0 Å². The van der Waals surface area contributed by atoms with Crippen molar-refractivity contribution in [2.24, 2.45) is 5.41 Å². The highest BCUT2D eigenvalue weighted by Gasteiger charge is 2.39. The zero-order chi connectivity index (χ0) is 14.4. The summed E-state index contributed by atoms with van der Waals surface area (Å²) in [6, 6.07) is 9.89. The van der Waals surface area contributed by atoms with Crippen LogP contribution in [0.25, 0.3) is 0 Å². The summed E-state index contributed by atoms with van der Waals surface area (Å²) >= 11 is 0. The Morgan fingerprint density at radius 2 is 1.90 bits per heavy atom. The van der Waals surface area contributed by atoms with Crippen LogP contribution in [0.1, 0.15) is 37.7 Å². The van der Waals surface area contributed by atoms with Gasteiger partial charge in [-0.1, -0.05) is 36.8 Å². The zero-order valence-corrected chi connectivity index (χ0v) is 11.6. The SMILES string of the molecule is O=C(O)CC1(CNC(=O)CCc2ccccc2)CCC1. The van der Waals surface area contributed by atoms with E-state index in [1.54, 1.807) is 0 Å². The highest BCUT2D eigenvalue weighted by molar-refractivity contribution is 5.76. The summed E-state index contributed by atoms with van der Waals surface area (Å²) in [5.41, 5.74) is 0.945. The van der Waals surface area contributed by atoms with Crippen molar-refractivity contribution in [2.75, 3.05) is 6.54 Å². The lowest BCUT2D eigenvalue weighted by molar-refractivity contribution is -0.141. The molecule has 108 valence electrons. The normalized spacial score (nSPS) is 16.2. The number of carboxylic acids is 1. The van der Waals surface area contributed by atoms with Gasteiger partial charge in [0.05, 0.1) is 6.42 Å². The summed E-state index contributed by atoms with van der Waals surface area (Å²) in [6.45, 7) is 0.493. The van der Waals surface area contributed by atoms with Gasteiger partial charge in [-0.2, -0.15) is 0 Å². The van der Waals surface area contributed by atoms with Gasteiger partial charge in [-0.15, -0.1) is 0 Å². The number of amides is 1. The number of aliphatic carboxylic acids is 1. The summed E-state index contributed by atoms with van der Waals surface area (Å²) < 4.78 is 0. The fourth-order valence-corrected chi connectivity index (χ4v) is 2.69. The molecule has 0 unspecified atom stereocenters. The van der Waals surface area contributed by atoms with Crippen molar-refractivity contribution in [2.45, 2.75) is 38.5 Å². The van der Waals surface area contributed by atoms with Crippen molar-refractivity contribution < 1.29 is 14.7 Å². The van der Waals surface area contributed by atoms with Crippen LogP contribution in [-0.2, 0) is 16.0 Å². The maximum atomic E-state index is 11.8. The van der Waals surface area contributed by atoms with E-state index in [1.807, 2.05) is 30.3 Å². The van der Waals surface area contributed by atoms with Crippen LogP contribution in [0.15, 0.2) is 30.3 Å². The molecule has 0 aliphatic heterocycles. The van der Waals surface area contributed by atoms with Crippen LogP contribution >= 0.6 is 0 Å². The standard InChI is InChI=1S/C16H21NO3/c18-14(8-7-13-5-2-1-3-6-13)17-12-16(9-4-10-16)11-15(19)20/h1-3,5-6H,4,7-12H2,(H,17,18)(H,19,20). The fraction of sp³-hybridized carbons (Fsp3) is 0.500. The number of carbonyl (C=O) groups excluding carboxylic acids is 1. The predicted molar refractivity (Wildman–Crippen MR) is 76.3 cm³/mol. The molecule has 1 saturated carbocycles. The van der Waals surface area contributed by atoms with E-state index in [4.69, 9.17) is 5.11 Å². The van der Waals surface area contributed by atoms with E-state index >= 15 is 0 Å². The fourth-order valence-electron chi connectivity index (χ4n) is 2.69. The number of aryl methyl sites for hydroxylation is 1. The average molecular weight is 275 g/mol. The molecule has 0 bridgehead atoms. The Kier molecular flexibility index (Phi) is 4.77. The molecule has 4 nitrogen and oxygen atoms in total. The maximum Gasteiger partial charge on any atom is 0.303 e. The molecule has 2 N–H and O–H groups in total. The van der Waals surface area contributed by atoms with Crippen molar-refractivity contribution in [3.05, 3.63) is 35.9 Å². The Bertz CT molecular complexity index is 466. The summed E-state index contributed by atoms with van der Waals surface area (Å²) in [4.78, 5) is 22.7. The van der Waals surface area contributed by atoms with Gasteiger partial charge < -0.3 is 10.4 Å². The highest BCUT2D eigenvalue weighted by atomic mass is 16.4. The molecule has 1 fully saturated rings. The molecule has 1 aromatic carbocycles. The van der Waals surface area contributed by atoms with E-state index in [-0.39, 0.29) is 17.7 Å². The Morgan fingerprint density at radius 1 is 1.20 bits per heavy atom. The molecule has 4 heteroatoms. The minimum absolute atomic E-state index is 0.00511. The molecule has 20 heavy (non-hydrogen) atoms. The van der Waals surface area contributed by atoms with Gasteiger partial charge in [0.2, 0.25) is 5.91 Å². The molecule has 1 amide bonds. The Hall–Kier alpha value is -1.84. The van der Waals surface area contributed by atoms with Crippen molar-refractivity contribution in [3.8, 4) is 0 Å². The highest BCUT2D eigenvalue weighted by Crippen LogP contribution is 2.43. The zero-order valence-electron chi connectivity index (χ0n) is 11.6. The molecule has 0 radical (unpaired) electrons. The molecule has 1 aromatic rings. The first kappa shape index (κ1) is 14.6. The van der Waals surface area contributed by atoms with E-state index in [0.29, 0.717) is 13.0 Å². The average Bonchev–Trinajstić information content (AvgIpc) is 2.40. The number of carboxylic acid groups (broad SMARTS) is 1. The summed E-state index contributed by atoms with van der Waals surface area (Å²) in [5.74, 6) is -0.770. The summed E-state index contributed by atoms with van der Waals surface area (Å²) in [6.07, 6.45) is 4.20. The van der Waals surface area contributed by atoms with Crippen LogP contribution in [0, 0.1) is 5.41 Å². The second-order valence-corrected chi connectivity index (χ2v) is 5.69. The van der Waals surface area contributed by atoms with Crippen molar-refractivity contribution in [1.82, 2.24) is 5.32 Å². The Morgan fingerprint density at radius 3 is 2.45 bits per heavy atom. The van der Waals surface area contributed by atoms with Crippen LogP contribution in [0.5, 0.6) is 0 Å². The second-order valence-electron chi connectivity index (χ2n) is 5.69. The molecule has 0 atom stereocenters. The van der Waals surface area contributed by atoms with Crippen molar-refractivity contribution >= 4 is 11.9 Å². The minimum atomic E-state index is -0.775. The van der Waals surface area contributed by atoms with E-state index in [2.05, 4.69) is 5.32 Å². The van der Waals surface area contributed by atoms with E-state index in [0.717, 1.165) is 31.2 Å². The first-order valence-electron chi connectivity index (χ1n) is 7.12. The monoisotopic (exact) mass is 275 g/mol. The van der Waals surface area contributed by atoms with E-state index in [1.165, 1.54) is 0 Å². The number of hydrogen-bond acceptors (Lipinski definition) is 2. The molecular weight excluding hydrogens is 254 g/mol. The number of hydrogen-bond donors (Lipinski definition) is 2. The van der Waals surface area contributed by atoms with Gasteiger partial charge in [0.1, 0.15) is 0 Å². The quantitative estimate of drug-likeness (QED) is 0.803. The third kappa shape index (κ3) is 4.08. The van der Waals surface area contributed by atoms with Crippen LogP contribution < -0.4 is 5.32 Å². The summed E-state index contributed by atoms with van der Waals surface area (Å²) in [7, 11) is 0. The van der Waals surface area contributed by atoms with Crippen LogP contribution in [0.4, 0.5) is 0 Å². The lowest BCUT2D eigenvalue weighted by atomic mass is 9.66. The number of benzene rings is 1. The smallest absolute Gasteiger partial charge is 0.303 e. The lowest BCUT2D eigenvalue weighted by Crippen LogP contribution is -2.43. The molecule has 2 rings (SSSR count). The third-order valence-electron chi connectivity index (χ3n) is 4.08. The third-order valence-corrected chi connectivity index (χ3v) is 4.08. The van der Waals surface area contributed by atoms with Gasteiger partial charge in [0.15, 0.2) is 0 Å². The first-order valence-corrected chi connectivity index (χ1v) is 7.12. The molecule has 1 aliphatic carbocycles. The van der Waals surface area contributed by atoms with E-state index < -0.39 is 5.97 Å². The van der Waals surface area contributed by atoms with Gasteiger partial charge in [0.25, 0.3) is 0 Å². The van der Waals surface area contributed by atoms with Crippen molar-refractivity contribution in [3.63, 3.8) is 0 Å². The molecule has 0 aromatic heterocycles. The van der Waals surface area contributed by atoms with Crippen LogP contribution in [0.3, 0.4) is 0 Å². The molecule has 0 spiro atoms. The molecule has 0 heterocycles. The summed E-state index contributed by atoms with van der Waals surface area (Å²) in [5, 5.41) is 11.8. The van der Waals surface area contributed by atoms with E-state index in [9.17, 15) is 9.59 Å². The van der Waals surface area contributed by atoms with Crippen LogP contribution in [-0.4, -0.2) is 23.5 Å². The second kappa shape index (κ2) is 6.55. The number of carbonyl (C=O) groups is 2. The van der Waals surface area contributed by atoms with Crippen molar-refractivity contribution in [1.29, 1.82) is 0 Å². The van der Waals surface area contributed by atoms with Gasteiger partial charge >= 0.3 is 5.97 Å². The van der Waals surface area contributed by atoms with Gasteiger partial charge in [-0.05, 0) is 30.2 Å².